The maximum absolute atomic E-state index is 12.2. The first-order valence-electron chi connectivity index (χ1n) is 9.19. The second kappa shape index (κ2) is 8.36. The van der Waals surface area contributed by atoms with Crippen LogP contribution in [0.4, 0.5) is 0 Å². The van der Waals surface area contributed by atoms with Crippen molar-refractivity contribution in [3.63, 3.8) is 0 Å². The third-order valence-electron chi connectivity index (χ3n) is 4.73. The third-order valence-corrected chi connectivity index (χ3v) is 4.73. The van der Waals surface area contributed by atoms with Gasteiger partial charge in [-0.3, -0.25) is 14.7 Å². The molecule has 0 spiro atoms. The van der Waals surface area contributed by atoms with Crippen molar-refractivity contribution < 1.29 is 4.79 Å². The molecule has 3 heterocycles. The molecule has 6 heteroatoms. The third kappa shape index (κ3) is 4.85. The van der Waals surface area contributed by atoms with Crippen LogP contribution in [0.3, 0.4) is 0 Å². The molecule has 1 aliphatic heterocycles. The lowest BCUT2D eigenvalue weighted by atomic mass is 9.93. The van der Waals surface area contributed by atoms with Gasteiger partial charge in [-0.2, -0.15) is 0 Å². The Balaban J connectivity index is 1.65. The summed E-state index contributed by atoms with van der Waals surface area (Å²) in [6.45, 7) is 4.89. The van der Waals surface area contributed by atoms with Crippen LogP contribution in [-0.2, 0) is 13.0 Å². The molecule has 1 saturated heterocycles. The van der Waals surface area contributed by atoms with Crippen LogP contribution in [0.15, 0.2) is 30.5 Å². The van der Waals surface area contributed by atoms with Crippen LogP contribution in [0.5, 0.6) is 0 Å². The van der Waals surface area contributed by atoms with E-state index >= 15 is 0 Å². The van der Waals surface area contributed by atoms with Crippen LogP contribution >= 0.6 is 0 Å². The lowest BCUT2D eigenvalue weighted by Gasteiger charge is -2.32. The molecule has 6 nitrogen and oxygen atoms in total. The summed E-state index contributed by atoms with van der Waals surface area (Å²) in [5, 5.41) is 0. The zero-order valence-corrected chi connectivity index (χ0v) is 15.9. The van der Waals surface area contributed by atoms with E-state index in [-0.39, 0.29) is 5.91 Å². The van der Waals surface area contributed by atoms with E-state index in [4.69, 9.17) is 0 Å². The molecule has 0 aromatic carbocycles. The zero-order chi connectivity index (χ0) is 18.5. The maximum atomic E-state index is 12.2. The van der Waals surface area contributed by atoms with E-state index in [1.165, 1.54) is 12.8 Å². The zero-order valence-electron chi connectivity index (χ0n) is 15.9. The van der Waals surface area contributed by atoms with Crippen molar-refractivity contribution in [2.75, 3.05) is 27.2 Å². The summed E-state index contributed by atoms with van der Waals surface area (Å²) >= 11 is 0. The summed E-state index contributed by atoms with van der Waals surface area (Å²) in [5.41, 5.74) is 2.57. The fraction of sp³-hybridized carbons (Fsp3) is 0.500. The molecule has 0 N–H and O–H groups in total. The Bertz CT molecular complexity index is 747. The normalized spacial score (nSPS) is 17.9. The average Bonchev–Trinajstić information content (AvgIpc) is 2.61. The van der Waals surface area contributed by atoms with E-state index in [2.05, 4.69) is 25.9 Å². The van der Waals surface area contributed by atoms with Gasteiger partial charge >= 0.3 is 0 Å². The minimum absolute atomic E-state index is 0.0721. The van der Waals surface area contributed by atoms with Crippen LogP contribution in [0, 0.1) is 12.8 Å². The van der Waals surface area contributed by atoms with Gasteiger partial charge < -0.3 is 4.90 Å². The first kappa shape index (κ1) is 18.5. The molecule has 26 heavy (non-hydrogen) atoms. The number of nitrogens with zero attached hydrogens (tertiary/aromatic N) is 5. The Morgan fingerprint density at radius 1 is 1.27 bits per heavy atom. The summed E-state index contributed by atoms with van der Waals surface area (Å²) in [6, 6.07) is 7.92. The molecule has 0 aliphatic carbocycles. The van der Waals surface area contributed by atoms with Crippen molar-refractivity contribution >= 4 is 5.91 Å². The van der Waals surface area contributed by atoms with Gasteiger partial charge in [-0.1, -0.05) is 6.07 Å². The van der Waals surface area contributed by atoms with Crippen LogP contribution in [-0.4, -0.2) is 57.8 Å². The Hall–Kier alpha value is -2.34. The van der Waals surface area contributed by atoms with Gasteiger partial charge in [0.25, 0.3) is 5.91 Å². The standard InChI is InChI=1S/C20H27N5O/c1-15-22-18(12-19(23-15)20(26)24(2)3)11-16-7-6-10-25(13-16)14-17-8-4-5-9-21-17/h4-5,8-9,12,16H,6-7,10-11,13-14H2,1-3H3/t16-/m1/s1. The molecule has 0 radical (unpaired) electrons. The Labute approximate surface area is 155 Å². The number of carbonyl (C=O) groups excluding carboxylic acids is 1. The molecular formula is C20H27N5O. The number of pyridine rings is 1. The van der Waals surface area contributed by atoms with E-state index < -0.39 is 0 Å². The van der Waals surface area contributed by atoms with E-state index in [9.17, 15) is 4.79 Å². The highest BCUT2D eigenvalue weighted by molar-refractivity contribution is 5.92. The van der Waals surface area contributed by atoms with E-state index in [0.29, 0.717) is 17.4 Å². The summed E-state index contributed by atoms with van der Waals surface area (Å²) in [5.74, 6) is 1.13. The molecule has 138 valence electrons. The van der Waals surface area contributed by atoms with Crippen molar-refractivity contribution in [2.24, 2.45) is 5.92 Å². The summed E-state index contributed by atoms with van der Waals surface area (Å²) in [6.07, 6.45) is 5.11. The molecule has 1 fully saturated rings. The molecule has 1 aliphatic rings. The molecule has 0 bridgehead atoms. The molecule has 3 rings (SSSR count). The highest BCUT2D eigenvalue weighted by atomic mass is 16.2. The SMILES string of the molecule is Cc1nc(C[C@H]2CCCN(Cc3ccccn3)C2)cc(C(=O)N(C)C)n1. The number of hydrogen-bond acceptors (Lipinski definition) is 5. The Morgan fingerprint density at radius 2 is 2.12 bits per heavy atom. The monoisotopic (exact) mass is 353 g/mol. The van der Waals surface area contributed by atoms with Crippen molar-refractivity contribution in [1.29, 1.82) is 0 Å². The van der Waals surface area contributed by atoms with E-state index in [1.807, 2.05) is 31.3 Å². The molecule has 2 aromatic heterocycles. The van der Waals surface area contributed by atoms with Crippen molar-refractivity contribution in [1.82, 2.24) is 24.8 Å². The van der Waals surface area contributed by atoms with Crippen LogP contribution in [0.2, 0.25) is 0 Å². The topological polar surface area (TPSA) is 62.2 Å². The fourth-order valence-electron chi connectivity index (χ4n) is 3.55. The number of carbonyl (C=O) groups is 1. The number of amides is 1. The number of piperidine rings is 1. The highest BCUT2D eigenvalue weighted by Crippen LogP contribution is 2.22. The fourth-order valence-corrected chi connectivity index (χ4v) is 3.55. The second-order valence-corrected chi connectivity index (χ2v) is 7.26. The van der Waals surface area contributed by atoms with Gasteiger partial charge in [0.2, 0.25) is 0 Å². The second-order valence-electron chi connectivity index (χ2n) is 7.26. The first-order valence-corrected chi connectivity index (χ1v) is 9.19. The molecule has 0 saturated carbocycles. The molecule has 0 unspecified atom stereocenters. The predicted molar refractivity (Wildman–Crippen MR) is 101 cm³/mol. The Morgan fingerprint density at radius 3 is 2.85 bits per heavy atom. The van der Waals surface area contributed by atoms with E-state index in [0.717, 1.165) is 37.4 Å². The van der Waals surface area contributed by atoms with Crippen LogP contribution < -0.4 is 0 Å². The van der Waals surface area contributed by atoms with Gasteiger partial charge in [0.05, 0.1) is 5.69 Å². The maximum Gasteiger partial charge on any atom is 0.272 e. The van der Waals surface area contributed by atoms with Crippen LogP contribution in [0.1, 0.15) is 40.5 Å². The molecular weight excluding hydrogens is 326 g/mol. The lowest BCUT2D eigenvalue weighted by Crippen LogP contribution is -2.36. The number of likely N-dealkylation sites (tertiary alicyclic amines) is 1. The number of aromatic nitrogens is 3. The van der Waals surface area contributed by atoms with Gasteiger partial charge in [0.15, 0.2) is 0 Å². The van der Waals surface area contributed by atoms with Gasteiger partial charge in [-0.05, 0) is 56.8 Å². The predicted octanol–water partition coefficient (Wildman–Crippen LogP) is 2.34. The van der Waals surface area contributed by atoms with E-state index in [1.54, 1.807) is 19.0 Å². The van der Waals surface area contributed by atoms with Gasteiger partial charge in [0, 0.05) is 39.1 Å². The first-order chi connectivity index (χ1) is 12.5. The van der Waals surface area contributed by atoms with Crippen molar-refractivity contribution in [3.8, 4) is 0 Å². The number of rotatable bonds is 5. The summed E-state index contributed by atoms with van der Waals surface area (Å²) < 4.78 is 0. The largest absolute Gasteiger partial charge is 0.343 e. The van der Waals surface area contributed by atoms with Crippen molar-refractivity contribution in [2.45, 2.75) is 32.7 Å². The average molecular weight is 353 g/mol. The lowest BCUT2D eigenvalue weighted by molar-refractivity contribution is 0.0821. The Kier molecular flexibility index (Phi) is 5.93. The van der Waals surface area contributed by atoms with Gasteiger partial charge in [0.1, 0.15) is 11.5 Å². The minimum Gasteiger partial charge on any atom is -0.343 e. The van der Waals surface area contributed by atoms with Crippen molar-refractivity contribution in [3.05, 3.63) is 53.4 Å². The quantitative estimate of drug-likeness (QED) is 0.826. The minimum atomic E-state index is -0.0721. The molecule has 1 amide bonds. The summed E-state index contributed by atoms with van der Waals surface area (Å²) in [7, 11) is 3.49. The number of aryl methyl sites for hydroxylation is 1. The summed E-state index contributed by atoms with van der Waals surface area (Å²) in [4.78, 5) is 29.5. The van der Waals surface area contributed by atoms with Crippen LogP contribution in [0.25, 0.3) is 0 Å². The van der Waals surface area contributed by atoms with Gasteiger partial charge in [-0.25, -0.2) is 9.97 Å². The highest BCUT2D eigenvalue weighted by Gasteiger charge is 2.22. The smallest absolute Gasteiger partial charge is 0.272 e. The number of hydrogen-bond donors (Lipinski definition) is 0. The molecule has 1 atom stereocenters. The van der Waals surface area contributed by atoms with Gasteiger partial charge in [-0.15, -0.1) is 0 Å². The molecule has 2 aromatic rings.